The number of phenols is 1. The van der Waals surface area contributed by atoms with Crippen molar-refractivity contribution in [2.24, 2.45) is 0 Å². The number of para-hydroxylation sites is 1. The molecule has 0 aromatic heterocycles. The van der Waals surface area contributed by atoms with Gasteiger partial charge in [0.1, 0.15) is 12.0 Å². The molecule has 0 saturated carbocycles. The number of carbonyl (C=O) groups is 2. The zero-order chi connectivity index (χ0) is 15.8. The van der Waals surface area contributed by atoms with Gasteiger partial charge >= 0.3 is 0 Å². The molecule has 112 valence electrons. The first kappa shape index (κ1) is 15.5. The molecule has 2 N–H and O–H groups in total. The van der Waals surface area contributed by atoms with Crippen LogP contribution in [0.4, 0.5) is 0 Å². The van der Waals surface area contributed by atoms with Gasteiger partial charge in [-0.2, -0.15) is 0 Å². The third-order valence-corrected chi connectivity index (χ3v) is 3.14. The third kappa shape index (κ3) is 4.59. The number of aromatic hydroxyl groups is 1. The summed E-state index contributed by atoms with van der Waals surface area (Å²) in [5, 5.41) is 12.2. The van der Waals surface area contributed by atoms with Crippen LogP contribution >= 0.6 is 0 Å². The molecule has 1 atom stereocenters. The van der Waals surface area contributed by atoms with Gasteiger partial charge in [-0.05, 0) is 24.1 Å². The smallest absolute Gasteiger partial charge is 0.244 e. The summed E-state index contributed by atoms with van der Waals surface area (Å²) >= 11 is 0. The zero-order valence-electron chi connectivity index (χ0n) is 12.0. The van der Waals surface area contributed by atoms with Crippen LogP contribution in [-0.4, -0.2) is 23.3 Å². The minimum Gasteiger partial charge on any atom is -0.507 e. The van der Waals surface area contributed by atoms with Crippen LogP contribution in [0.3, 0.4) is 0 Å². The molecule has 2 rings (SSSR count). The molecule has 1 amide bonds. The van der Waals surface area contributed by atoms with E-state index in [4.69, 9.17) is 0 Å². The lowest BCUT2D eigenvalue weighted by atomic mass is 10.1. The molecule has 0 radical (unpaired) electrons. The lowest BCUT2D eigenvalue weighted by Gasteiger charge is -2.11. The summed E-state index contributed by atoms with van der Waals surface area (Å²) in [5.41, 5.74) is 1.52. The van der Waals surface area contributed by atoms with Crippen molar-refractivity contribution in [2.45, 2.75) is 12.5 Å². The van der Waals surface area contributed by atoms with Crippen molar-refractivity contribution < 1.29 is 14.7 Å². The average Bonchev–Trinajstić information content (AvgIpc) is 2.54. The fraction of sp³-hybridized carbons (Fsp3) is 0.111. The van der Waals surface area contributed by atoms with E-state index >= 15 is 0 Å². The van der Waals surface area contributed by atoms with Crippen molar-refractivity contribution in [3.8, 4) is 5.75 Å². The van der Waals surface area contributed by atoms with E-state index in [0.717, 1.165) is 11.8 Å². The Balaban J connectivity index is 1.95. The maximum absolute atomic E-state index is 11.8. The molecule has 0 saturated heterocycles. The zero-order valence-corrected chi connectivity index (χ0v) is 12.0. The van der Waals surface area contributed by atoms with Crippen molar-refractivity contribution >= 4 is 18.3 Å². The van der Waals surface area contributed by atoms with Gasteiger partial charge in [0.05, 0.1) is 6.04 Å². The van der Waals surface area contributed by atoms with Gasteiger partial charge in [0.25, 0.3) is 0 Å². The van der Waals surface area contributed by atoms with E-state index in [9.17, 15) is 14.7 Å². The Bertz CT molecular complexity index is 665. The SMILES string of the molecule is O=CC(Cc1ccccc1)NC(=O)/C=C/c1ccccc1O. The predicted molar refractivity (Wildman–Crippen MR) is 85.3 cm³/mol. The summed E-state index contributed by atoms with van der Waals surface area (Å²) < 4.78 is 0. The molecule has 2 aromatic rings. The van der Waals surface area contributed by atoms with Crippen LogP contribution in [0.5, 0.6) is 5.75 Å². The second-order valence-electron chi connectivity index (χ2n) is 4.83. The van der Waals surface area contributed by atoms with Crippen LogP contribution < -0.4 is 5.32 Å². The highest BCUT2D eigenvalue weighted by Gasteiger charge is 2.10. The summed E-state index contributed by atoms with van der Waals surface area (Å²) in [6.45, 7) is 0. The van der Waals surface area contributed by atoms with Gasteiger partial charge in [-0.1, -0.05) is 48.5 Å². The lowest BCUT2D eigenvalue weighted by molar-refractivity contribution is -0.120. The van der Waals surface area contributed by atoms with Crippen molar-refractivity contribution in [2.75, 3.05) is 0 Å². The molecule has 0 aliphatic rings. The molecule has 2 aromatic carbocycles. The normalized spacial score (nSPS) is 12.0. The third-order valence-electron chi connectivity index (χ3n) is 3.14. The quantitative estimate of drug-likeness (QED) is 0.635. The van der Waals surface area contributed by atoms with Crippen LogP contribution in [0.2, 0.25) is 0 Å². The van der Waals surface area contributed by atoms with E-state index in [-0.39, 0.29) is 11.7 Å². The van der Waals surface area contributed by atoms with Gasteiger partial charge in [0.2, 0.25) is 5.91 Å². The van der Waals surface area contributed by atoms with Gasteiger partial charge in [-0.15, -0.1) is 0 Å². The van der Waals surface area contributed by atoms with E-state index in [2.05, 4.69) is 5.32 Å². The Hall–Kier alpha value is -2.88. The average molecular weight is 295 g/mol. The fourth-order valence-electron chi connectivity index (χ4n) is 2.03. The number of hydrogen-bond acceptors (Lipinski definition) is 3. The van der Waals surface area contributed by atoms with Gasteiger partial charge in [0.15, 0.2) is 0 Å². The second kappa shape index (κ2) is 7.78. The van der Waals surface area contributed by atoms with E-state index < -0.39 is 6.04 Å². The number of aldehydes is 1. The summed E-state index contributed by atoms with van der Waals surface area (Å²) in [5.74, 6) is -0.279. The van der Waals surface area contributed by atoms with E-state index in [1.807, 2.05) is 30.3 Å². The Morgan fingerprint density at radius 3 is 2.45 bits per heavy atom. The maximum atomic E-state index is 11.8. The Kier molecular flexibility index (Phi) is 5.49. The van der Waals surface area contributed by atoms with Crippen LogP contribution in [-0.2, 0) is 16.0 Å². The Morgan fingerprint density at radius 1 is 1.09 bits per heavy atom. The number of amides is 1. The molecule has 0 heterocycles. The number of nitrogens with one attached hydrogen (secondary N) is 1. The lowest BCUT2D eigenvalue weighted by Crippen LogP contribution is -2.36. The minimum absolute atomic E-state index is 0.0998. The van der Waals surface area contributed by atoms with E-state index in [0.29, 0.717) is 12.0 Å². The van der Waals surface area contributed by atoms with E-state index in [1.54, 1.807) is 24.3 Å². The first-order valence-corrected chi connectivity index (χ1v) is 6.95. The molecule has 0 spiro atoms. The van der Waals surface area contributed by atoms with Crippen molar-refractivity contribution in [3.05, 3.63) is 71.8 Å². The monoisotopic (exact) mass is 295 g/mol. The van der Waals surface area contributed by atoms with Gasteiger partial charge in [0, 0.05) is 11.6 Å². The largest absolute Gasteiger partial charge is 0.507 e. The highest BCUT2D eigenvalue weighted by Crippen LogP contribution is 2.16. The van der Waals surface area contributed by atoms with Crippen molar-refractivity contribution in [3.63, 3.8) is 0 Å². The number of hydrogen-bond donors (Lipinski definition) is 2. The summed E-state index contributed by atoms with van der Waals surface area (Å²) in [6.07, 6.45) is 3.98. The standard InChI is InChI=1S/C18H17NO3/c20-13-16(12-14-6-2-1-3-7-14)19-18(22)11-10-15-8-4-5-9-17(15)21/h1-11,13,16,21H,12H2,(H,19,22)/b11-10+. The summed E-state index contributed by atoms with van der Waals surface area (Å²) in [4.78, 5) is 22.9. The number of rotatable bonds is 6. The molecule has 0 aliphatic heterocycles. The molecule has 0 fully saturated rings. The molecular weight excluding hydrogens is 278 g/mol. The van der Waals surface area contributed by atoms with Crippen LogP contribution in [0.15, 0.2) is 60.7 Å². The number of benzene rings is 2. The van der Waals surface area contributed by atoms with Crippen LogP contribution in [0.25, 0.3) is 6.08 Å². The Labute approximate surface area is 129 Å². The number of carbonyl (C=O) groups excluding carboxylic acids is 2. The fourth-order valence-corrected chi connectivity index (χ4v) is 2.03. The number of phenolic OH excluding ortho intramolecular Hbond substituents is 1. The molecule has 4 heteroatoms. The van der Waals surface area contributed by atoms with Gasteiger partial charge < -0.3 is 15.2 Å². The molecule has 0 aliphatic carbocycles. The molecule has 4 nitrogen and oxygen atoms in total. The summed E-state index contributed by atoms with van der Waals surface area (Å²) in [7, 11) is 0. The predicted octanol–water partition coefficient (Wildman–Crippen LogP) is 2.33. The minimum atomic E-state index is -0.580. The van der Waals surface area contributed by atoms with Gasteiger partial charge in [-0.25, -0.2) is 0 Å². The van der Waals surface area contributed by atoms with E-state index in [1.165, 1.54) is 12.2 Å². The molecular formula is C18H17NO3. The van der Waals surface area contributed by atoms with Crippen LogP contribution in [0, 0.1) is 0 Å². The van der Waals surface area contributed by atoms with Crippen molar-refractivity contribution in [1.82, 2.24) is 5.32 Å². The highest BCUT2D eigenvalue weighted by atomic mass is 16.3. The first-order chi connectivity index (χ1) is 10.7. The highest BCUT2D eigenvalue weighted by molar-refractivity contribution is 5.93. The van der Waals surface area contributed by atoms with Crippen LogP contribution in [0.1, 0.15) is 11.1 Å². The topological polar surface area (TPSA) is 66.4 Å². The molecule has 22 heavy (non-hydrogen) atoms. The Morgan fingerprint density at radius 2 is 1.77 bits per heavy atom. The summed E-state index contributed by atoms with van der Waals surface area (Å²) in [6, 6.07) is 15.6. The van der Waals surface area contributed by atoms with Gasteiger partial charge in [-0.3, -0.25) is 4.79 Å². The maximum Gasteiger partial charge on any atom is 0.244 e. The van der Waals surface area contributed by atoms with Crippen molar-refractivity contribution in [1.29, 1.82) is 0 Å². The molecule has 0 bridgehead atoms. The first-order valence-electron chi connectivity index (χ1n) is 6.95. The molecule has 1 unspecified atom stereocenters. The second-order valence-corrected chi connectivity index (χ2v) is 4.83.